The van der Waals surface area contributed by atoms with E-state index in [0.717, 1.165) is 4.88 Å². The largest absolute Gasteiger partial charge is 0.480 e. The molecule has 1 N–H and O–H groups in total. The number of carboxylic acid groups (broad SMARTS) is 1. The molecular formula is C14H18N4O3S. The monoisotopic (exact) mass is 322 g/mol. The lowest BCUT2D eigenvalue weighted by Crippen LogP contribution is -2.42. The van der Waals surface area contributed by atoms with Crippen LogP contribution >= 0.6 is 11.3 Å². The minimum atomic E-state index is -1.04. The Hall–Kier alpha value is -2.22. The smallest absolute Gasteiger partial charge is 0.323 e. The van der Waals surface area contributed by atoms with Crippen molar-refractivity contribution in [2.45, 2.75) is 32.9 Å². The van der Waals surface area contributed by atoms with Crippen LogP contribution in [0.15, 0.2) is 23.7 Å². The van der Waals surface area contributed by atoms with E-state index in [9.17, 15) is 9.59 Å². The van der Waals surface area contributed by atoms with Crippen molar-refractivity contribution in [2.75, 3.05) is 6.54 Å². The van der Waals surface area contributed by atoms with Gasteiger partial charge >= 0.3 is 5.97 Å². The molecule has 0 aliphatic carbocycles. The van der Waals surface area contributed by atoms with Crippen LogP contribution in [0.3, 0.4) is 0 Å². The maximum absolute atomic E-state index is 12.4. The summed E-state index contributed by atoms with van der Waals surface area (Å²) < 4.78 is 1.58. The Balaban J connectivity index is 2.13. The molecule has 1 amide bonds. The third-order valence-corrected chi connectivity index (χ3v) is 4.21. The molecule has 22 heavy (non-hydrogen) atoms. The van der Waals surface area contributed by atoms with Crippen LogP contribution in [0.2, 0.25) is 0 Å². The van der Waals surface area contributed by atoms with E-state index in [1.165, 1.54) is 4.90 Å². The van der Waals surface area contributed by atoms with E-state index in [1.54, 1.807) is 22.2 Å². The molecular weight excluding hydrogens is 304 g/mol. The average molecular weight is 322 g/mol. The molecule has 0 radical (unpaired) electrons. The summed E-state index contributed by atoms with van der Waals surface area (Å²) in [6.45, 7) is 3.92. The molecule has 0 saturated heterocycles. The van der Waals surface area contributed by atoms with Gasteiger partial charge in [-0.15, -0.1) is 16.4 Å². The quantitative estimate of drug-likeness (QED) is 0.838. The van der Waals surface area contributed by atoms with Gasteiger partial charge in [-0.2, -0.15) is 0 Å². The van der Waals surface area contributed by atoms with Gasteiger partial charge in [0.05, 0.1) is 12.7 Å². The molecule has 0 bridgehead atoms. The minimum Gasteiger partial charge on any atom is -0.480 e. The number of carboxylic acids is 1. The van der Waals surface area contributed by atoms with Crippen molar-refractivity contribution in [3.05, 3.63) is 34.3 Å². The zero-order valence-electron chi connectivity index (χ0n) is 12.5. The van der Waals surface area contributed by atoms with E-state index >= 15 is 0 Å². The summed E-state index contributed by atoms with van der Waals surface area (Å²) in [4.78, 5) is 25.8. The summed E-state index contributed by atoms with van der Waals surface area (Å²) in [6.07, 6.45) is 2.22. The van der Waals surface area contributed by atoms with Crippen molar-refractivity contribution >= 4 is 23.2 Å². The molecule has 0 spiro atoms. The maximum atomic E-state index is 12.4. The predicted molar refractivity (Wildman–Crippen MR) is 81.9 cm³/mol. The molecule has 0 aliphatic rings. The molecule has 2 heterocycles. The molecule has 2 aromatic heterocycles. The zero-order valence-corrected chi connectivity index (χ0v) is 13.3. The summed E-state index contributed by atoms with van der Waals surface area (Å²) in [5, 5.41) is 18.7. The number of nitrogens with zero attached hydrogens (tertiary/aromatic N) is 4. The van der Waals surface area contributed by atoms with Crippen LogP contribution in [-0.4, -0.2) is 49.5 Å². The third-order valence-electron chi connectivity index (χ3n) is 3.35. The van der Waals surface area contributed by atoms with E-state index in [2.05, 4.69) is 10.3 Å². The first-order chi connectivity index (χ1) is 10.5. The highest BCUT2D eigenvalue weighted by atomic mass is 32.1. The van der Waals surface area contributed by atoms with Crippen LogP contribution in [0.1, 0.15) is 35.6 Å². The molecule has 2 aromatic rings. The van der Waals surface area contributed by atoms with Gasteiger partial charge in [0.2, 0.25) is 0 Å². The standard InChI is InChI=1S/C14H18N4O3S/c1-3-10(2)18(9-13(19)20)14(21)12-8-17(16-15-12)7-11-5-4-6-22-11/h4-6,8,10H,3,7,9H2,1-2H3,(H,19,20). The Morgan fingerprint density at radius 3 is 2.86 bits per heavy atom. The lowest BCUT2D eigenvalue weighted by Gasteiger charge is -2.25. The Bertz CT molecular complexity index is 638. The van der Waals surface area contributed by atoms with E-state index in [4.69, 9.17) is 5.11 Å². The number of carbonyl (C=O) groups excluding carboxylic acids is 1. The van der Waals surface area contributed by atoms with Gasteiger partial charge in [-0.1, -0.05) is 18.2 Å². The van der Waals surface area contributed by atoms with Crippen molar-refractivity contribution in [3.63, 3.8) is 0 Å². The Labute approximate surface area is 132 Å². The number of aromatic nitrogens is 3. The normalized spacial score (nSPS) is 12.1. The van der Waals surface area contributed by atoms with Crippen LogP contribution in [0, 0.1) is 0 Å². The van der Waals surface area contributed by atoms with Crippen molar-refractivity contribution < 1.29 is 14.7 Å². The molecule has 0 aliphatic heterocycles. The first-order valence-corrected chi connectivity index (χ1v) is 7.84. The highest BCUT2D eigenvalue weighted by molar-refractivity contribution is 7.09. The Kier molecular flexibility index (Phi) is 5.26. The second-order valence-corrected chi connectivity index (χ2v) is 6.00. The summed E-state index contributed by atoms with van der Waals surface area (Å²) in [5.74, 6) is -1.45. The first kappa shape index (κ1) is 16.2. The van der Waals surface area contributed by atoms with Gasteiger partial charge in [0.1, 0.15) is 6.54 Å². The number of thiophene rings is 1. The van der Waals surface area contributed by atoms with E-state index in [-0.39, 0.29) is 18.3 Å². The molecule has 0 saturated carbocycles. The summed E-state index contributed by atoms with van der Waals surface area (Å²) >= 11 is 1.60. The second-order valence-electron chi connectivity index (χ2n) is 4.96. The van der Waals surface area contributed by atoms with E-state index in [1.807, 2.05) is 31.4 Å². The average Bonchev–Trinajstić information content (AvgIpc) is 3.15. The molecule has 1 unspecified atom stereocenters. The fraction of sp³-hybridized carbons (Fsp3) is 0.429. The fourth-order valence-electron chi connectivity index (χ4n) is 1.98. The lowest BCUT2D eigenvalue weighted by atomic mass is 10.2. The molecule has 1 atom stereocenters. The van der Waals surface area contributed by atoms with Gasteiger partial charge in [-0.05, 0) is 24.8 Å². The zero-order chi connectivity index (χ0) is 16.1. The van der Waals surface area contributed by atoms with E-state index in [0.29, 0.717) is 13.0 Å². The van der Waals surface area contributed by atoms with Crippen LogP contribution in [0.4, 0.5) is 0 Å². The molecule has 8 heteroatoms. The molecule has 0 fully saturated rings. The molecule has 7 nitrogen and oxygen atoms in total. The van der Waals surface area contributed by atoms with Gasteiger partial charge < -0.3 is 10.0 Å². The summed E-state index contributed by atoms with van der Waals surface area (Å²) in [7, 11) is 0. The number of hydrogen-bond donors (Lipinski definition) is 1. The van der Waals surface area contributed by atoms with Gasteiger partial charge in [0.25, 0.3) is 5.91 Å². The number of rotatable bonds is 7. The van der Waals surface area contributed by atoms with Gasteiger partial charge in [-0.25, -0.2) is 4.68 Å². The predicted octanol–water partition coefficient (Wildman–Crippen LogP) is 1.71. The molecule has 118 valence electrons. The van der Waals surface area contributed by atoms with Crippen LogP contribution in [-0.2, 0) is 11.3 Å². The minimum absolute atomic E-state index is 0.165. The maximum Gasteiger partial charge on any atom is 0.323 e. The number of hydrogen-bond acceptors (Lipinski definition) is 5. The fourth-order valence-corrected chi connectivity index (χ4v) is 2.67. The molecule has 2 rings (SSSR count). The lowest BCUT2D eigenvalue weighted by molar-refractivity contribution is -0.138. The van der Waals surface area contributed by atoms with Gasteiger partial charge in [-0.3, -0.25) is 9.59 Å². The highest BCUT2D eigenvalue weighted by Crippen LogP contribution is 2.12. The Morgan fingerprint density at radius 2 is 2.27 bits per heavy atom. The van der Waals surface area contributed by atoms with Crippen LogP contribution < -0.4 is 0 Å². The Morgan fingerprint density at radius 1 is 1.50 bits per heavy atom. The van der Waals surface area contributed by atoms with Crippen LogP contribution in [0.5, 0.6) is 0 Å². The number of aliphatic carboxylic acids is 1. The van der Waals surface area contributed by atoms with Crippen LogP contribution in [0.25, 0.3) is 0 Å². The SMILES string of the molecule is CCC(C)N(CC(=O)O)C(=O)c1cn(Cc2cccs2)nn1. The van der Waals surface area contributed by atoms with Crippen molar-refractivity contribution in [3.8, 4) is 0 Å². The van der Waals surface area contributed by atoms with Crippen molar-refractivity contribution in [2.24, 2.45) is 0 Å². The number of carbonyl (C=O) groups is 2. The van der Waals surface area contributed by atoms with Crippen molar-refractivity contribution in [1.82, 2.24) is 19.9 Å². The van der Waals surface area contributed by atoms with E-state index < -0.39 is 11.9 Å². The third kappa shape index (κ3) is 3.91. The topological polar surface area (TPSA) is 88.3 Å². The summed E-state index contributed by atoms with van der Waals surface area (Å²) in [6, 6.07) is 3.75. The second kappa shape index (κ2) is 7.17. The van der Waals surface area contributed by atoms with Gasteiger partial charge in [0.15, 0.2) is 5.69 Å². The molecule has 0 aromatic carbocycles. The number of amides is 1. The van der Waals surface area contributed by atoms with Gasteiger partial charge in [0, 0.05) is 10.9 Å². The summed E-state index contributed by atoms with van der Waals surface area (Å²) in [5.41, 5.74) is 0.165. The highest BCUT2D eigenvalue weighted by Gasteiger charge is 2.25. The first-order valence-electron chi connectivity index (χ1n) is 6.96. The van der Waals surface area contributed by atoms with Crippen molar-refractivity contribution in [1.29, 1.82) is 0 Å².